The van der Waals surface area contributed by atoms with Crippen molar-refractivity contribution in [1.82, 2.24) is 14.5 Å². The summed E-state index contributed by atoms with van der Waals surface area (Å²) in [5.74, 6) is 0.367. The van der Waals surface area contributed by atoms with Crippen molar-refractivity contribution in [3.8, 4) is 11.3 Å². The molecule has 9 heteroatoms. The van der Waals surface area contributed by atoms with Gasteiger partial charge in [-0.15, -0.1) is 0 Å². The Morgan fingerprint density at radius 1 is 1.31 bits per heavy atom. The van der Waals surface area contributed by atoms with E-state index in [0.29, 0.717) is 37.0 Å². The predicted molar refractivity (Wildman–Crippen MR) is 142 cm³/mol. The van der Waals surface area contributed by atoms with Gasteiger partial charge in [-0.3, -0.25) is 4.79 Å². The highest BCUT2D eigenvalue weighted by molar-refractivity contribution is 6.76. The van der Waals surface area contributed by atoms with Crippen LogP contribution >= 0.6 is 0 Å². The van der Waals surface area contributed by atoms with Crippen molar-refractivity contribution >= 4 is 36.6 Å². The number of ether oxygens (including phenoxy) is 2. The minimum Gasteiger partial charge on any atom is -0.472 e. The third-order valence-corrected chi connectivity index (χ3v) is 7.40. The van der Waals surface area contributed by atoms with Crippen LogP contribution in [0.3, 0.4) is 0 Å². The van der Waals surface area contributed by atoms with Crippen molar-refractivity contribution in [3.63, 3.8) is 0 Å². The lowest BCUT2D eigenvalue weighted by Crippen LogP contribution is -2.22. The van der Waals surface area contributed by atoms with Gasteiger partial charge in [-0.05, 0) is 32.0 Å². The zero-order valence-electron chi connectivity index (χ0n) is 21.1. The van der Waals surface area contributed by atoms with Crippen molar-refractivity contribution < 1.29 is 14.3 Å². The van der Waals surface area contributed by atoms with Crippen molar-refractivity contribution in [2.24, 2.45) is 4.99 Å². The van der Waals surface area contributed by atoms with Crippen LogP contribution in [0.5, 0.6) is 0 Å². The van der Waals surface area contributed by atoms with E-state index in [1.165, 1.54) is 0 Å². The summed E-state index contributed by atoms with van der Waals surface area (Å²) in [4.78, 5) is 26.0. The maximum absolute atomic E-state index is 12.1. The van der Waals surface area contributed by atoms with Crippen molar-refractivity contribution in [3.05, 3.63) is 54.5 Å². The maximum atomic E-state index is 12.1. The summed E-state index contributed by atoms with van der Waals surface area (Å²) < 4.78 is 14.0. The fourth-order valence-electron chi connectivity index (χ4n) is 3.75. The average molecular weight is 492 g/mol. The Bertz CT molecular complexity index is 1290. The molecule has 184 valence electrons. The number of carbonyl (C=O) groups excluding carboxylic acids is 1. The van der Waals surface area contributed by atoms with Crippen LogP contribution in [-0.2, 0) is 21.0 Å². The Labute approximate surface area is 207 Å². The van der Waals surface area contributed by atoms with Gasteiger partial charge in [0, 0.05) is 37.7 Å². The van der Waals surface area contributed by atoms with Gasteiger partial charge in [-0.2, -0.15) is 0 Å². The largest absolute Gasteiger partial charge is 0.472 e. The second kappa shape index (κ2) is 10.1. The van der Waals surface area contributed by atoms with Gasteiger partial charge < -0.3 is 19.4 Å². The summed E-state index contributed by atoms with van der Waals surface area (Å²) in [5, 5.41) is 3.72. The molecule has 1 amide bonds. The first-order valence-electron chi connectivity index (χ1n) is 11.8. The van der Waals surface area contributed by atoms with E-state index in [-0.39, 0.29) is 12.0 Å². The van der Waals surface area contributed by atoms with E-state index < -0.39 is 8.07 Å². The number of benzene rings is 1. The molecule has 1 aliphatic rings. The number of anilines is 1. The molecule has 3 heterocycles. The number of aliphatic imine (C=N–C) groups is 1. The van der Waals surface area contributed by atoms with E-state index in [9.17, 15) is 4.79 Å². The van der Waals surface area contributed by atoms with Gasteiger partial charge in [0.05, 0.1) is 23.2 Å². The molecule has 0 spiro atoms. The van der Waals surface area contributed by atoms with Crippen molar-refractivity contribution in [1.29, 1.82) is 0 Å². The first kappa shape index (κ1) is 24.8. The molecular formula is C26H33N5O3Si. The minimum atomic E-state index is -1.18. The fourth-order valence-corrected chi connectivity index (χ4v) is 4.51. The molecule has 1 N–H and O–H groups in total. The molecule has 0 fully saturated rings. The molecule has 0 saturated carbocycles. The highest BCUT2D eigenvalue weighted by Crippen LogP contribution is 2.32. The molecule has 1 aliphatic heterocycles. The zero-order valence-corrected chi connectivity index (χ0v) is 22.1. The monoisotopic (exact) mass is 491 g/mol. The van der Waals surface area contributed by atoms with Gasteiger partial charge in [-0.25, -0.2) is 15.0 Å². The highest BCUT2D eigenvalue weighted by atomic mass is 28.3. The third-order valence-electron chi connectivity index (χ3n) is 5.70. The van der Waals surface area contributed by atoms with Gasteiger partial charge in [0.15, 0.2) is 0 Å². The SMILES string of the molecule is C=C(C)C(=O)Nc1cccc(-c2ncnc3c2c(C2=NCC(C)O2)cn3COCC[Si](C)(C)C)c1. The Morgan fingerprint density at radius 2 is 2.11 bits per heavy atom. The Balaban J connectivity index is 1.74. The van der Waals surface area contributed by atoms with Gasteiger partial charge in [-0.1, -0.05) is 38.4 Å². The van der Waals surface area contributed by atoms with Crippen LogP contribution in [0.2, 0.25) is 25.7 Å². The van der Waals surface area contributed by atoms with E-state index in [2.05, 4.69) is 46.5 Å². The van der Waals surface area contributed by atoms with Crippen LogP contribution in [0.1, 0.15) is 19.4 Å². The third kappa shape index (κ3) is 5.86. The topological polar surface area (TPSA) is 90.6 Å². The number of nitrogens with one attached hydrogen (secondary N) is 1. The number of hydrogen-bond donors (Lipinski definition) is 1. The zero-order chi connectivity index (χ0) is 25.2. The molecule has 4 rings (SSSR count). The Kier molecular flexibility index (Phi) is 7.18. The average Bonchev–Trinajstić information content (AvgIpc) is 3.39. The van der Waals surface area contributed by atoms with Crippen LogP contribution < -0.4 is 5.32 Å². The van der Waals surface area contributed by atoms with Crippen LogP contribution in [0, 0.1) is 0 Å². The number of hydrogen-bond acceptors (Lipinski definition) is 6. The molecule has 2 aromatic heterocycles. The molecule has 1 aromatic carbocycles. The van der Waals surface area contributed by atoms with Gasteiger partial charge >= 0.3 is 0 Å². The van der Waals surface area contributed by atoms with Crippen LogP contribution in [0.15, 0.2) is 53.9 Å². The Hall–Kier alpha value is -3.30. The van der Waals surface area contributed by atoms with E-state index in [0.717, 1.165) is 33.9 Å². The van der Waals surface area contributed by atoms with Crippen LogP contribution in [0.25, 0.3) is 22.3 Å². The van der Waals surface area contributed by atoms with E-state index in [4.69, 9.17) is 9.47 Å². The standard InChI is InChI=1S/C26H33N5O3Si/c1-17(2)25(32)30-20-9-7-8-19(12-20)23-22-21(26-27-13-18(3)34-26)14-31(24(22)29-15-28-23)16-33-10-11-35(4,5)6/h7-9,12,14-15,18H,1,10-11,13,16H2,2-6H3,(H,30,32). The highest BCUT2D eigenvalue weighted by Gasteiger charge is 2.25. The lowest BCUT2D eigenvalue weighted by Gasteiger charge is -2.15. The second-order valence-corrected chi connectivity index (χ2v) is 15.8. The van der Waals surface area contributed by atoms with Gasteiger partial charge in [0.25, 0.3) is 5.91 Å². The van der Waals surface area contributed by atoms with Crippen LogP contribution in [0.4, 0.5) is 5.69 Å². The number of carbonyl (C=O) groups is 1. The number of rotatable bonds is 9. The van der Waals surface area contributed by atoms with Crippen molar-refractivity contribution in [2.45, 2.75) is 52.4 Å². The number of nitrogens with zero attached hydrogens (tertiary/aromatic N) is 4. The Morgan fingerprint density at radius 3 is 2.80 bits per heavy atom. The minimum absolute atomic E-state index is 0.0187. The molecule has 35 heavy (non-hydrogen) atoms. The first-order valence-corrected chi connectivity index (χ1v) is 15.5. The molecule has 0 bridgehead atoms. The molecular weight excluding hydrogens is 458 g/mol. The summed E-state index contributed by atoms with van der Waals surface area (Å²) in [6.07, 6.45) is 3.56. The quantitative estimate of drug-likeness (QED) is 0.256. The summed E-state index contributed by atoms with van der Waals surface area (Å²) in [5.41, 5.74) is 4.29. The number of aromatic nitrogens is 3. The van der Waals surface area contributed by atoms with E-state index in [1.54, 1.807) is 13.3 Å². The molecule has 8 nitrogen and oxygen atoms in total. The molecule has 0 radical (unpaired) electrons. The van der Waals surface area contributed by atoms with Gasteiger partial charge in [0.2, 0.25) is 5.90 Å². The normalized spacial score (nSPS) is 15.7. The second-order valence-electron chi connectivity index (χ2n) is 10.2. The fraction of sp³-hybridized carbons (Fsp3) is 0.385. The summed E-state index contributed by atoms with van der Waals surface area (Å²) in [6, 6.07) is 8.68. The number of amides is 1. The molecule has 0 saturated heterocycles. The number of fused-ring (bicyclic) bond motifs is 1. The van der Waals surface area contributed by atoms with Crippen molar-refractivity contribution in [2.75, 3.05) is 18.5 Å². The van der Waals surface area contributed by atoms with Gasteiger partial charge in [0.1, 0.15) is 24.8 Å². The molecule has 1 unspecified atom stereocenters. The molecule has 0 aliphatic carbocycles. The maximum Gasteiger partial charge on any atom is 0.250 e. The molecule has 1 atom stereocenters. The lowest BCUT2D eigenvalue weighted by atomic mass is 10.1. The van der Waals surface area contributed by atoms with E-state index in [1.807, 2.05) is 42.0 Å². The van der Waals surface area contributed by atoms with Crippen LogP contribution in [-0.4, -0.2) is 53.7 Å². The predicted octanol–water partition coefficient (Wildman–Crippen LogP) is 5.09. The van der Waals surface area contributed by atoms with E-state index >= 15 is 0 Å². The summed E-state index contributed by atoms with van der Waals surface area (Å²) in [7, 11) is -1.18. The summed E-state index contributed by atoms with van der Waals surface area (Å²) >= 11 is 0. The molecule has 3 aromatic rings. The lowest BCUT2D eigenvalue weighted by molar-refractivity contribution is -0.112. The smallest absolute Gasteiger partial charge is 0.250 e. The first-order chi connectivity index (χ1) is 16.6. The summed E-state index contributed by atoms with van der Waals surface area (Å²) in [6.45, 7) is 16.1.